The van der Waals surface area contributed by atoms with Gasteiger partial charge >= 0.3 is 0 Å². The van der Waals surface area contributed by atoms with Crippen LogP contribution in [0.5, 0.6) is 0 Å². The topological polar surface area (TPSA) is 20.2 Å². The lowest BCUT2D eigenvalue weighted by Gasteiger charge is -2.13. The van der Waals surface area contributed by atoms with Crippen molar-refractivity contribution in [2.75, 3.05) is 0 Å². The van der Waals surface area contributed by atoms with E-state index in [1.165, 1.54) is 24.3 Å². The van der Waals surface area contributed by atoms with Crippen molar-refractivity contribution >= 4 is 15.9 Å². The Labute approximate surface area is 116 Å². The molecule has 2 aromatic rings. The van der Waals surface area contributed by atoms with Gasteiger partial charge in [-0.1, -0.05) is 28.1 Å². The Hall–Kier alpha value is -1.33. The molecule has 0 aliphatic carbocycles. The van der Waals surface area contributed by atoms with Gasteiger partial charge in [0.1, 0.15) is 17.5 Å². The fraction of sp³-hybridized carbons (Fsp3) is 0.143. The molecule has 0 aliphatic rings. The number of aliphatic hydroxyl groups is 1. The van der Waals surface area contributed by atoms with Gasteiger partial charge in [-0.05, 0) is 29.8 Å². The SMILES string of the molecule is OC(Cc1ccc(F)cc1)c1c(F)cc(Br)cc1F. The molecule has 0 spiro atoms. The molecule has 1 nitrogen and oxygen atoms in total. The van der Waals surface area contributed by atoms with Crippen LogP contribution in [0, 0.1) is 17.5 Å². The summed E-state index contributed by atoms with van der Waals surface area (Å²) in [6.07, 6.45) is -1.31. The molecule has 2 aromatic carbocycles. The zero-order valence-electron chi connectivity index (χ0n) is 9.71. The van der Waals surface area contributed by atoms with E-state index in [-0.39, 0.29) is 16.5 Å². The Morgan fingerprint density at radius 1 is 1.00 bits per heavy atom. The second-order valence-corrected chi connectivity index (χ2v) is 5.05. The zero-order chi connectivity index (χ0) is 14.0. The van der Waals surface area contributed by atoms with Crippen LogP contribution in [-0.2, 0) is 6.42 Å². The average Bonchev–Trinajstić information content (AvgIpc) is 2.30. The van der Waals surface area contributed by atoms with Crippen LogP contribution < -0.4 is 0 Å². The Morgan fingerprint density at radius 2 is 1.53 bits per heavy atom. The summed E-state index contributed by atoms with van der Waals surface area (Å²) in [5.41, 5.74) is 0.211. The summed E-state index contributed by atoms with van der Waals surface area (Å²) < 4.78 is 40.3. The summed E-state index contributed by atoms with van der Waals surface area (Å²) in [6.45, 7) is 0. The van der Waals surface area contributed by atoms with Crippen LogP contribution in [0.4, 0.5) is 13.2 Å². The van der Waals surface area contributed by atoms with Crippen molar-refractivity contribution in [3.8, 4) is 0 Å². The van der Waals surface area contributed by atoms with E-state index in [1.54, 1.807) is 0 Å². The van der Waals surface area contributed by atoms with Gasteiger partial charge in [0.05, 0.1) is 11.7 Å². The molecule has 0 aliphatic heterocycles. The Bertz CT molecular complexity index is 561. The van der Waals surface area contributed by atoms with E-state index in [4.69, 9.17) is 0 Å². The summed E-state index contributed by atoms with van der Waals surface area (Å²) in [4.78, 5) is 0. The average molecular weight is 331 g/mol. The first-order valence-corrected chi connectivity index (χ1v) is 6.33. The van der Waals surface area contributed by atoms with E-state index >= 15 is 0 Å². The van der Waals surface area contributed by atoms with E-state index in [0.29, 0.717) is 5.56 Å². The molecule has 0 heterocycles. The lowest BCUT2D eigenvalue weighted by molar-refractivity contribution is 0.168. The molecular formula is C14H10BrF3O. The highest BCUT2D eigenvalue weighted by atomic mass is 79.9. The first-order chi connectivity index (χ1) is 8.97. The van der Waals surface area contributed by atoms with Gasteiger partial charge in [-0.2, -0.15) is 0 Å². The number of aliphatic hydroxyl groups excluding tert-OH is 1. The number of hydrogen-bond donors (Lipinski definition) is 1. The largest absolute Gasteiger partial charge is 0.388 e. The lowest BCUT2D eigenvalue weighted by Crippen LogP contribution is -2.07. The standard InChI is InChI=1S/C14H10BrF3O/c15-9-6-11(17)14(12(18)7-9)13(19)5-8-1-3-10(16)4-2-8/h1-4,6-7,13,19H,5H2. The van der Waals surface area contributed by atoms with Crippen LogP contribution in [0.1, 0.15) is 17.2 Å². The molecule has 0 saturated heterocycles. The summed E-state index contributed by atoms with van der Waals surface area (Å²) in [5.74, 6) is -2.04. The van der Waals surface area contributed by atoms with Crippen LogP contribution in [0.2, 0.25) is 0 Å². The molecule has 0 saturated carbocycles. The molecule has 1 atom stereocenters. The number of hydrogen-bond acceptors (Lipinski definition) is 1. The van der Waals surface area contributed by atoms with Gasteiger partial charge in [0.15, 0.2) is 0 Å². The molecule has 100 valence electrons. The van der Waals surface area contributed by atoms with Gasteiger partial charge in [0, 0.05) is 10.9 Å². The van der Waals surface area contributed by atoms with Crippen LogP contribution in [-0.4, -0.2) is 5.11 Å². The second kappa shape index (κ2) is 5.75. The van der Waals surface area contributed by atoms with Crippen molar-refractivity contribution in [1.82, 2.24) is 0 Å². The Balaban J connectivity index is 2.25. The van der Waals surface area contributed by atoms with E-state index in [0.717, 1.165) is 12.1 Å². The molecule has 5 heteroatoms. The Kier molecular flexibility index (Phi) is 4.27. The minimum Gasteiger partial charge on any atom is -0.388 e. The van der Waals surface area contributed by atoms with Crippen LogP contribution in [0.15, 0.2) is 40.9 Å². The smallest absolute Gasteiger partial charge is 0.133 e. The van der Waals surface area contributed by atoms with Crippen molar-refractivity contribution in [3.63, 3.8) is 0 Å². The fourth-order valence-corrected chi connectivity index (χ4v) is 2.22. The predicted molar refractivity (Wildman–Crippen MR) is 69.1 cm³/mol. The molecular weight excluding hydrogens is 321 g/mol. The third-order valence-corrected chi connectivity index (χ3v) is 3.18. The molecule has 1 N–H and O–H groups in total. The molecule has 2 rings (SSSR count). The van der Waals surface area contributed by atoms with Crippen molar-refractivity contribution in [3.05, 3.63) is 69.4 Å². The molecule has 0 amide bonds. The fourth-order valence-electron chi connectivity index (χ4n) is 1.82. The Morgan fingerprint density at radius 3 is 2.05 bits per heavy atom. The van der Waals surface area contributed by atoms with Crippen molar-refractivity contribution in [2.45, 2.75) is 12.5 Å². The third-order valence-electron chi connectivity index (χ3n) is 2.72. The highest BCUT2D eigenvalue weighted by molar-refractivity contribution is 9.10. The highest BCUT2D eigenvalue weighted by Crippen LogP contribution is 2.27. The van der Waals surface area contributed by atoms with Gasteiger partial charge < -0.3 is 5.11 Å². The molecule has 0 bridgehead atoms. The van der Waals surface area contributed by atoms with Crippen molar-refractivity contribution in [1.29, 1.82) is 0 Å². The zero-order valence-corrected chi connectivity index (χ0v) is 11.3. The maximum Gasteiger partial charge on any atom is 0.133 e. The van der Waals surface area contributed by atoms with Gasteiger partial charge in [0.25, 0.3) is 0 Å². The van der Waals surface area contributed by atoms with Gasteiger partial charge in [-0.25, -0.2) is 13.2 Å². The molecule has 0 fully saturated rings. The first-order valence-electron chi connectivity index (χ1n) is 5.54. The summed E-state index contributed by atoms with van der Waals surface area (Å²) in [6, 6.07) is 7.58. The van der Waals surface area contributed by atoms with Crippen molar-refractivity contribution in [2.24, 2.45) is 0 Å². The normalized spacial score (nSPS) is 12.5. The summed E-state index contributed by atoms with van der Waals surface area (Å²) in [7, 11) is 0. The van der Waals surface area contributed by atoms with E-state index < -0.39 is 23.6 Å². The summed E-state index contributed by atoms with van der Waals surface area (Å²) in [5, 5.41) is 9.91. The van der Waals surface area contributed by atoms with E-state index in [2.05, 4.69) is 15.9 Å². The number of rotatable bonds is 3. The quantitative estimate of drug-likeness (QED) is 0.896. The maximum atomic E-state index is 13.6. The van der Waals surface area contributed by atoms with Gasteiger partial charge in [-0.15, -0.1) is 0 Å². The minimum absolute atomic E-state index is 0.00967. The van der Waals surface area contributed by atoms with E-state index in [9.17, 15) is 18.3 Å². The second-order valence-electron chi connectivity index (χ2n) is 4.13. The molecule has 0 radical (unpaired) electrons. The van der Waals surface area contributed by atoms with E-state index in [1.807, 2.05) is 0 Å². The molecule has 0 aromatic heterocycles. The maximum absolute atomic E-state index is 13.6. The number of halogens is 4. The lowest BCUT2D eigenvalue weighted by atomic mass is 10.0. The summed E-state index contributed by atoms with van der Waals surface area (Å²) >= 11 is 2.97. The monoisotopic (exact) mass is 330 g/mol. The van der Waals surface area contributed by atoms with Crippen LogP contribution in [0.25, 0.3) is 0 Å². The van der Waals surface area contributed by atoms with Gasteiger partial charge in [-0.3, -0.25) is 0 Å². The van der Waals surface area contributed by atoms with Crippen LogP contribution in [0.3, 0.4) is 0 Å². The number of benzene rings is 2. The molecule has 19 heavy (non-hydrogen) atoms. The van der Waals surface area contributed by atoms with Crippen molar-refractivity contribution < 1.29 is 18.3 Å². The highest BCUT2D eigenvalue weighted by Gasteiger charge is 2.19. The third kappa shape index (κ3) is 3.36. The van der Waals surface area contributed by atoms with Gasteiger partial charge in [0.2, 0.25) is 0 Å². The van der Waals surface area contributed by atoms with Crippen LogP contribution >= 0.6 is 15.9 Å². The predicted octanol–water partition coefficient (Wildman–Crippen LogP) is 4.14. The molecule has 1 unspecified atom stereocenters. The first kappa shape index (κ1) is 14.1. The minimum atomic E-state index is -1.32.